The van der Waals surface area contributed by atoms with Gasteiger partial charge in [0.25, 0.3) is 6.48 Å². The van der Waals surface area contributed by atoms with E-state index in [4.69, 9.17) is 10.2 Å². The molecule has 0 fully saturated rings. The summed E-state index contributed by atoms with van der Waals surface area (Å²) >= 11 is 0. The van der Waals surface area contributed by atoms with Crippen LogP contribution >= 0.6 is 0 Å². The van der Waals surface area contributed by atoms with Gasteiger partial charge in [-0.2, -0.15) is 0 Å². The summed E-state index contributed by atoms with van der Waals surface area (Å²) in [5, 5.41) is 16.9. The summed E-state index contributed by atoms with van der Waals surface area (Å²) in [6.45, 7) is -1.68. The Hall–Kier alpha value is -0.823. The molecule has 0 saturated heterocycles. The lowest BCUT2D eigenvalue weighted by molar-refractivity contribution is -0.180. The summed E-state index contributed by atoms with van der Waals surface area (Å²) in [5.41, 5.74) is 0.551. The average molecular weight is 288 g/mol. The maximum absolute atomic E-state index is 13.3. The van der Waals surface area contributed by atoms with E-state index in [1.165, 1.54) is 12.1 Å². The number of aliphatic hydroxyl groups excluding tert-OH is 1. The van der Waals surface area contributed by atoms with Gasteiger partial charge in [0.2, 0.25) is 9.76 Å². The van der Waals surface area contributed by atoms with Crippen LogP contribution in [-0.2, 0) is 10.8 Å². The zero-order valence-corrected chi connectivity index (χ0v) is 11.6. The molecule has 0 aliphatic heterocycles. The van der Waals surface area contributed by atoms with Crippen molar-refractivity contribution < 1.29 is 23.4 Å². The van der Waals surface area contributed by atoms with Crippen LogP contribution < -0.4 is 0 Å². The van der Waals surface area contributed by atoms with E-state index in [0.717, 1.165) is 37.8 Å². The lowest BCUT2D eigenvalue weighted by Gasteiger charge is -2.05. The molecule has 1 rings (SSSR count). The zero-order valence-electron chi connectivity index (χ0n) is 10.6. The SMILES string of the molecule is OC(O)O[Si]CCCCCCc1ccc(F)cc1F. The second-order valence-electron chi connectivity index (χ2n) is 4.24. The maximum atomic E-state index is 13.3. The molecule has 0 spiro atoms. The van der Waals surface area contributed by atoms with Crippen LogP contribution in [0.25, 0.3) is 0 Å². The Morgan fingerprint density at radius 1 is 1.11 bits per heavy atom. The fourth-order valence-electron chi connectivity index (χ4n) is 1.72. The van der Waals surface area contributed by atoms with E-state index >= 15 is 0 Å². The van der Waals surface area contributed by atoms with Gasteiger partial charge < -0.3 is 14.6 Å². The van der Waals surface area contributed by atoms with Gasteiger partial charge in [0.1, 0.15) is 11.6 Å². The molecule has 0 atom stereocenters. The Morgan fingerprint density at radius 2 is 1.84 bits per heavy atom. The van der Waals surface area contributed by atoms with Crippen LogP contribution in [0.2, 0.25) is 6.04 Å². The van der Waals surface area contributed by atoms with E-state index in [-0.39, 0.29) is 9.76 Å². The molecule has 0 aromatic heterocycles. The number of unbranched alkanes of at least 4 members (excludes halogenated alkanes) is 3. The van der Waals surface area contributed by atoms with Gasteiger partial charge in [-0.25, -0.2) is 8.78 Å². The van der Waals surface area contributed by atoms with E-state index in [1.54, 1.807) is 0 Å². The molecule has 1 aromatic rings. The molecular weight excluding hydrogens is 270 g/mol. The first-order valence-corrected chi connectivity index (χ1v) is 7.39. The Kier molecular flexibility index (Phi) is 7.81. The average Bonchev–Trinajstić information content (AvgIpc) is 2.34. The molecule has 0 aliphatic carbocycles. The van der Waals surface area contributed by atoms with Crippen LogP contribution in [0.4, 0.5) is 8.78 Å². The van der Waals surface area contributed by atoms with Crippen LogP contribution in [0.15, 0.2) is 18.2 Å². The number of hydrogen-bond acceptors (Lipinski definition) is 3. The Balaban J connectivity index is 2.04. The fourth-order valence-corrected chi connectivity index (χ4v) is 2.39. The normalized spacial score (nSPS) is 11.2. The summed E-state index contributed by atoms with van der Waals surface area (Å²) in [6.07, 6.45) is 4.36. The highest BCUT2D eigenvalue weighted by Gasteiger charge is 2.03. The molecule has 2 radical (unpaired) electrons. The van der Waals surface area contributed by atoms with Crippen molar-refractivity contribution in [1.82, 2.24) is 0 Å². The quantitative estimate of drug-likeness (QED) is 0.417. The zero-order chi connectivity index (χ0) is 14.1. The van der Waals surface area contributed by atoms with Gasteiger partial charge >= 0.3 is 0 Å². The Bertz CT molecular complexity index is 375. The second kappa shape index (κ2) is 9.14. The molecule has 0 unspecified atom stereocenters. The second-order valence-corrected chi connectivity index (χ2v) is 5.26. The molecule has 106 valence electrons. The Labute approximate surface area is 114 Å². The Morgan fingerprint density at radius 3 is 2.53 bits per heavy atom. The van der Waals surface area contributed by atoms with Crippen molar-refractivity contribution in [1.29, 1.82) is 0 Å². The van der Waals surface area contributed by atoms with Gasteiger partial charge in [-0.05, 0) is 30.5 Å². The molecule has 2 N–H and O–H groups in total. The number of aliphatic hydroxyl groups is 2. The van der Waals surface area contributed by atoms with E-state index in [1.807, 2.05) is 0 Å². The van der Waals surface area contributed by atoms with E-state index in [9.17, 15) is 8.78 Å². The highest BCUT2D eigenvalue weighted by Crippen LogP contribution is 2.14. The van der Waals surface area contributed by atoms with Crippen LogP contribution in [-0.4, -0.2) is 26.5 Å². The van der Waals surface area contributed by atoms with Gasteiger partial charge in [0.05, 0.1) is 0 Å². The van der Waals surface area contributed by atoms with E-state index in [2.05, 4.69) is 4.43 Å². The first-order chi connectivity index (χ1) is 9.09. The molecule has 6 heteroatoms. The number of halogens is 2. The third-order valence-electron chi connectivity index (χ3n) is 2.68. The van der Waals surface area contributed by atoms with Crippen molar-refractivity contribution in [3.05, 3.63) is 35.4 Å². The van der Waals surface area contributed by atoms with Crippen LogP contribution in [0.5, 0.6) is 0 Å². The van der Waals surface area contributed by atoms with Gasteiger partial charge in [-0.3, -0.25) is 0 Å². The summed E-state index contributed by atoms with van der Waals surface area (Å²) in [4.78, 5) is 0. The highest BCUT2D eigenvalue weighted by molar-refractivity contribution is 6.26. The van der Waals surface area contributed by atoms with Crippen molar-refractivity contribution in [2.75, 3.05) is 0 Å². The van der Waals surface area contributed by atoms with Crippen molar-refractivity contribution in [2.24, 2.45) is 0 Å². The van der Waals surface area contributed by atoms with Gasteiger partial charge in [0, 0.05) is 6.07 Å². The summed E-state index contributed by atoms with van der Waals surface area (Å²) in [5.74, 6) is -1.03. The van der Waals surface area contributed by atoms with Crippen LogP contribution in [0, 0.1) is 11.6 Å². The molecule has 0 saturated carbocycles. The molecule has 0 amide bonds. The third kappa shape index (κ3) is 7.37. The lowest BCUT2D eigenvalue weighted by Crippen LogP contribution is -2.12. The number of aryl methyl sites for hydroxylation is 1. The van der Waals surface area contributed by atoms with Crippen molar-refractivity contribution in [3.8, 4) is 0 Å². The van der Waals surface area contributed by atoms with Gasteiger partial charge in [-0.1, -0.05) is 25.3 Å². The minimum absolute atomic E-state index is 0.0922. The van der Waals surface area contributed by atoms with E-state index in [0.29, 0.717) is 12.0 Å². The molecule has 0 bridgehead atoms. The molecular formula is C13H18F2O3Si. The summed E-state index contributed by atoms with van der Waals surface area (Å²) < 4.78 is 30.6. The first-order valence-electron chi connectivity index (χ1n) is 6.28. The van der Waals surface area contributed by atoms with Crippen molar-refractivity contribution in [2.45, 2.75) is 44.6 Å². The van der Waals surface area contributed by atoms with Crippen molar-refractivity contribution in [3.63, 3.8) is 0 Å². The fraction of sp³-hybridized carbons (Fsp3) is 0.538. The number of benzene rings is 1. The molecule has 1 aromatic carbocycles. The number of rotatable bonds is 9. The third-order valence-corrected chi connectivity index (χ3v) is 3.61. The van der Waals surface area contributed by atoms with Crippen LogP contribution in [0.1, 0.15) is 31.2 Å². The first kappa shape index (κ1) is 16.2. The standard InChI is InChI=1S/C13H18F2O3Si/c14-11-7-6-10(12(15)9-11)5-3-1-2-4-8-19-18-13(16)17/h6-7,9,13,16-17H,1-5,8H2. The maximum Gasteiger partial charge on any atom is 0.256 e. The summed E-state index contributed by atoms with van der Waals surface area (Å²) in [6, 6.07) is 4.47. The topological polar surface area (TPSA) is 49.7 Å². The number of hydrogen-bond donors (Lipinski definition) is 2. The van der Waals surface area contributed by atoms with Crippen molar-refractivity contribution >= 4 is 9.76 Å². The lowest BCUT2D eigenvalue weighted by atomic mass is 10.1. The van der Waals surface area contributed by atoms with Crippen LogP contribution in [0.3, 0.4) is 0 Å². The highest BCUT2D eigenvalue weighted by atomic mass is 28.2. The van der Waals surface area contributed by atoms with E-state index < -0.39 is 18.1 Å². The van der Waals surface area contributed by atoms with Gasteiger partial charge in [-0.15, -0.1) is 0 Å². The smallest absolute Gasteiger partial charge is 0.256 e. The molecule has 19 heavy (non-hydrogen) atoms. The predicted octanol–water partition coefficient (Wildman–Crippen LogP) is 2.39. The monoisotopic (exact) mass is 288 g/mol. The molecule has 0 aliphatic rings. The predicted molar refractivity (Wildman–Crippen MR) is 68.4 cm³/mol. The summed E-state index contributed by atoms with van der Waals surface area (Å²) in [7, 11) is 0.0922. The molecule has 0 heterocycles. The molecule has 3 nitrogen and oxygen atoms in total. The largest absolute Gasteiger partial charge is 0.372 e. The minimum atomic E-state index is -1.68. The van der Waals surface area contributed by atoms with Gasteiger partial charge in [0.15, 0.2) is 0 Å². The minimum Gasteiger partial charge on any atom is -0.372 e.